The highest BCUT2D eigenvalue weighted by Gasteiger charge is 2.40. The molecule has 0 heterocycles. The molecule has 0 atom stereocenters. The number of aryl methyl sites for hydroxylation is 2. The summed E-state index contributed by atoms with van der Waals surface area (Å²) in [5.74, 6) is -3.66. The van der Waals surface area contributed by atoms with E-state index in [2.05, 4.69) is 11.7 Å². The van der Waals surface area contributed by atoms with Crippen molar-refractivity contribution in [2.45, 2.75) is 58.2 Å². The van der Waals surface area contributed by atoms with E-state index in [1.807, 2.05) is 0 Å². The van der Waals surface area contributed by atoms with Crippen LogP contribution in [0.5, 0.6) is 11.5 Å². The van der Waals surface area contributed by atoms with Crippen LogP contribution in [0.1, 0.15) is 55.4 Å². The number of hydrogen-bond acceptors (Lipinski definition) is 2. The average Bonchev–Trinajstić information content (AvgIpc) is 2.82. The third-order valence-corrected chi connectivity index (χ3v) is 5.53. The molecule has 8 heteroatoms. The molecule has 0 bridgehead atoms. The predicted molar refractivity (Wildman–Crippen MR) is 121 cm³/mol. The minimum atomic E-state index is -4.23. The lowest BCUT2D eigenvalue weighted by molar-refractivity contribution is -0.188. The minimum Gasteiger partial charge on any atom is -0.429 e. The van der Waals surface area contributed by atoms with E-state index >= 15 is 0 Å². The van der Waals surface area contributed by atoms with Gasteiger partial charge < -0.3 is 9.47 Å². The van der Waals surface area contributed by atoms with Gasteiger partial charge in [0.05, 0.1) is 5.56 Å². The van der Waals surface area contributed by atoms with Crippen molar-refractivity contribution in [1.29, 1.82) is 0 Å². The van der Waals surface area contributed by atoms with Crippen molar-refractivity contribution in [3.8, 4) is 11.5 Å². The third kappa shape index (κ3) is 6.50. The monoisotopic (exact) mass is 496 g/mol. The molecular weight excluding hydrogens is 470 g/mol. The summed E-state index contributed by atoms with van der Waals surface area (Å²) in [5, 5.41) is 0. The van der Waals surface area contributed by atoms with Crippen LogP contribution in [0.3, 0.4) is 0 Å². The number of hydrogen-bond donors (Lipinski definition) is 0. The normalized spacial score (nSPS) is 12.0. The maximum atomic E-state index is 14.6. The summed E-state index contributed by atoms with van der Waals surface area (Å²) in [6.07, 6.45) is -3.83. The zero-order chi connectivity index (χ0) is 25.6. The van der Waals surface area contributed by atoms with E-state index in [0.29, 0.717) is 0 Å². The number of alkyl halides is 4. The number of benzene rings is 3. The molecule has 3 rings (SSSR count). The van der Waals surface area contributed by atoms with Crippen LogP contribution in [0.15, 0.2) is 60.7 Å². The van der Waals surface area contributed by atoms with E-state index in [1.54, 1.807) is 19.1 Å². The van der Waals surface area contributed by atoms with Gasteiger partial charge in [0.1, 0.15) is 17.1 Å². The van der Waals surface area contributed by atoms with Crippen molar-refractivity contribution in [2.24, 2.45) is 0 Å². The highest BCUT2D eigenvalue weighted by atomic mass is 19.3. The van der Waals surface area contributed by atoms with Crippen LogP contribution >= 0.6 is 0 Å². The molecule has 0 radical (unpaired) electrons. The Morgan fingerprint density at radius 2 is 1.23 bits per heavy atom. The maximum absolute atomic E-state index is 14.6. The van der Waals surface area contributed by atoms with Crippen molar-refractivity contribution in [3.05, 3.63) is 94.6 Å². The van der Waals surface area contributed by atoms with E-state index in [-0.39, 0.29) is 17.7 Å². The first kappa shape index (κ1) is 26.4. The van der Waals surface area contributed by atoms with Crippen molar-refractivity contribution >= 4 is 0 Å². The molecule has 0 saturated heterocycles. The van der Waals surface area contributed by atoms with Crippen molar-refractivity contribution in [2.75, 3.05) is 0 Å². The van der Waals surface area contributed by atoms with E-state index in [9.17, 15) is 26.3 Å². The van der Waals surface area contributed by atoms with E-state index in [1.165, 1.54) is 12.1 Å². The van der Waals surface area contributed by atoms with Gasteiger partial charge in [-0.05, 0) is 72.9 Å². The Morgan fingerprint density at radius 1 is 0.657 bits per heavy atom. The zero-order valence-electron chi connectivity index (χ0n) is 19.4. The number of rotatable bonds is 11. The minimum absolute atomic E-state index is 0.0471. The molecule has 35 heavy (non-hydrogen) atoms. The fraction of sp³-hybridized carbons (Fsp3) is 0.333. The zero-order valence-corrected chi connectivity index (χ0v) is 19.4. The number of ether oxygens (including phenoxy) is 2. The Kier molecular flexibility index (Phi) is 8.35. The van der Waals surface area contributed by atoms with Crippen molar-refractivity contribution in [3.63, 3.8) is 0 Å². The summed E-state index contributed by atoms with van der Waals surface area (Å²) in [6.45, 7) is 3.64. The number of unbranched alkanes of at least 4 members (excludes halogenated alkanes) is 2. The Bertz CT molecular complexity index is 1110. The lowest BCUT2D eigenvalue weighted by Crippen LogP contribution is -2.25. The van der Waals surface area contributed by atoms with Crippen LogP contribution in [-0.4, -0.2) is 0 Å². The average molecular weight is 496 g/mol. The molecule has 0 aliphatic heterocycles. The summed E-state index contributed by atoms with van der Waals surface area (Å²) in [4.78, 5) is 0. The molecule has 0 aliphatic rings. The van der Waals surface area contributed by atoms with Crippen LogP contribution in [0.2, 0.25) is 0 Å². The third-order valence-electron chi connectivity index (χ3n) is 5.53. The fourth-order valence-electron chi connectivity index (χ4n) is 3.52. The Hall–Kier alpha value is -3.16. The second-order valence-corrected chi connectivity index (χ2v) is 8.12. The first-order chi connectivity index (χ1) is 16.6. The van der Waals surface area contributed by atoms with E-state index < -0.39 is 40.7 Å². The highest BCUT2D eigenvalue weighted by molar-refractivity contribution is 5.34. The SMILES string of the molecule is CCCCCc1ccc(OC(F)(F)c2ccc(OC(F)(F)c3ccc(CC)c(F)c3F)cc2)cc1. The van der Waals surface area contributed by atoms with Gasteiger partial charge in [-0.15, -0.1) is 0 Å². The molecule has 0 amide bonds. The Labute approximate surface area is 200 Å². The van der Waals surface area contributed by atoms with E-state index in [0.717, 1.165) is 67.6 Å². The quantitative estimate of drug-likeness (QED) is 0.196. The molecule has 0 aliphatic carbocycles. The summed E-state index contributed by atoms with van der Waals surface area (Å²) in [7, 11) is 0. The largest absolute Gasteiger partial charge is 0.429 e. The van der Waals surface area contributed by atoms with Gasteiger partial charge in [0, 0.05) is 0 Å². The Morgan fingerprint density at radius 3 is 1.80 bits per heavy atom. The maximum Gasteiger partial charge on any atom is 0.429 e. The van der Waals surface area contributed by atoms with Crippen LogP contribution in [0.25, 0.3) is 0 Å². The molecule has 2 nitrogen and oxygen atoms in total. The first-order valence-electron chi connectivity index (χ1n) is 11.4. The lowest BCUT2D eigenvalue weighted by atomic mass is 10.1. The summed E-state index contributed by atoms with van der Waals surface area (Å²) in [5.41, 5.74) is -0.926. The van der Waals surface area contributed by atoms with Gasteiger partial charge in [-0.2, -0.15) is 17.6 Å². The molecule has 0 saturated carbocycles. The van der Waals surface area contributed by atoms with E-state index in [4.69, 9.17) is 4.74 Å². The van der Waals surface area contributed by atoms with Gasteiger partial charge in [-0.3, -0.25) is 0 Å². The number of halogens is 6. The van der Waals surface area contributed by atoms with Gasteiger partial charge in [0.15, 0.2) is 11.6 Å². The van der Waals surface area contributed by atoms with Crippen LogP contribution in [0, 0.1) is 11.6 Å². The Balaban J connectivity index is 1.69. The molecule has 0 spiro atoms. The predicted octanol–water partition coefficient (Wildman–Crippen LogP) is 8.52. The van der Waals surface area contributed by atoms with Gasteiger partial charge >= 0.3 is 12.2 Å². The van der Waals surface area contributed by atoms with Gasteiger partial charge in [-0.1, -0.05) is 44.9 Å². The summed E-state index contributed by atoms with van der Waals surface area (Å²) >= 11 is 0. The van der Waals surface area contributed by atoms with Crippen molar-refractivity contribution in [1.82, 2.24) is 0 Å². The highest BCUT2D eigenvalue weighted by Crippen LogP contribution is 2.37. The second-order valence-electron chi connectivity index (χ2n) is 8.12. The molecule has 0 aromatic heterocycles. The van der Waals surface area contributed by atoms with Crippen LogP contribution in [-0.2, 0) is 25.1 Å². The van der Waals surface area contributed by atoms with Crippen molar-refractivity contribution < 1.29 is 35.8 Å². The first-order valence-corrected chi connectivity index (χ1v) is 11.4. The van der Waals surface area contributed by atoms with Gasteiger partial charge in [0.2, 0.25) is 0 Å². The topological polar surface area (TPSA) is 18.5 Å². The molecule has 3 aromatic carbocycles. The molecule has 0 fully saturated rings. The lowest BCUT2D eigenvalue weighted by Gasteiger charge is -2.21. The van der Waals surface area contributed by atoms with Crippen LogP contribution in [0.4, 0.5) is 26.3 Å². The molecular formula is C27H26F6O2. The summed E-state index contributed by atoms with van der Waals surface area (Å²) < 4.78 is 95.5. The smallest absolute Gasteiger partial charge is 0.429 e. The molecule has 3 aromatic rings. The van der Waals surface area contributed by atoms with Gasteiger partial charge in [-0.25, -0.2) is 8.78 Å². The molecule has 0 N–H and O–H groups in total. The summed E-state index contributed by atoms with van der Waals surface area (Å²) in [6, 6.07) is 11.6. The van der Waals surface area contributed by atoms with Gasteiger partial charge in [0.25, 0.3) is 0 Å². The second kappa shape index (κ2) is 11.1. The molecule has 0 unspecified atom stereocenters. The standard InChI is InChI=1S/C27H26F6O2/c1-3-5-6-7-18-8-13-21(14-9-18)34-26(30,31)20-11-15-22(16-12-20)35-27(32,33)23-17-10-19(4-2)24(28)25(23)29/h8-17H,3-7H2,1-2H3. The fourth-order valence-corrected chi connectivity index (χ4v) is 3.52. The molecule has 188 valence electrons. The van der Waals surface area contributed by atoms with Crippen LogP contribution < -0.4 is 9.47 Å².